The number of hydrogen-bond acceptors (Lipinski definition) is 4. The minimum absolute atomic E-state index is 0.00898. The van der Waals surface area contributed by atoms with Crippen molar-refractivity contribution in [2.24, 2.45) is 0 Å². The standard InChI is InChI=1S/C17H16ClNO4S/c1-12-10-15(7-8-16(12)23-2)24(21,22)19-17(20)9-6-13-4-3-5-14(18)11-13/h3-11H,1-2H3,(H,19,20). The molecule has 1 amide bonds. The van der Waals surface area contributed by atoms with E-state index in [2.05, 4.69) is 0 Å². The molecule has 0 saturated carbocycles. The maximum Gasteiger partial charge on any atom is 0.264 e. The van der Waals surface area contributed by atoms with Crippen molar-refractivity contribution in [2.75, 3.05) is 7.11 Å². The number of carbonyl (C=O) groups is 1. The summed E-state index contributed by atoms with van der Waals surface area (Å²) in [5.74, 6) is -0.176. The van der Waals surface area contributed by atoms with Gasteiger partial charge in [-0.2, -0.15) is 0 Å². The van der Waals surface area contributed by atoms with E-state index in [1.807, 2.05) is 4.72 Å². The molecule has 7 heteroatoms. The monoisotopic (exact) mass is 365 g/mol. The van der Waals surface area contributed by atoms with E-state index in [0.29, 0.717) is 21.9 Å². The summed E-state index contributed by atoms with van der Waals surface area (Å²) in [4.78, 5) is 11.9. The van der Waals surface area contributed by atoms with Gasteiger partial charge in [-0.1, -0.05) is 23.7 Å². The van der Waals surface area contributed by atoms with Crippen LogP contribution < -0.4 is 9.46 Å². The van der Waals surface area contributed by atoms with Gasteiger partial charge in [0.2, 0.25) is 0 Å². The Hall–Kier alpha value is -2.31. The molecule has 0 saturated heterocycles. The first kappa shape index (κ1) is 18.0. The summed E-state index contributed by atoms with van der Waals surface area (Å²) in [6, 6.07) is 11.2. The van der Waals surface area contributed by atoms with E-state index in [0.717, 1.165) is 6.08 Å². The zero-order valence-electron chi connectivity index (χ0n) is 13.1. The topological polar surface area (TPSA) is 72.5 Å². The van der Waals surface area contributed by atoms with E-state index < -0.39 is 15.9 Å². The van der Waals surface area contributed by atoms with Crippen molar-refractivity contribution in [3.63, 3.8) is 0 Å². The first-order valence-electron chi connectivity index (χ1n) is 6.97. The molecule has 5 nitrogen and oxygen atoms in total. The average Bonchev–Trinajstić information content (AvgIpc) is 2.52. The molecule has 2 rings (SSSR count). The van der Waals surface area contributed by atoms with Crippen LogP contribution in [0, 0.1) is 6.92 Å². The zero-order valence-corrected chi connectivity index (χ0v) is 14.7. The quantitative estimate of drug-likeness (QED) is 0.826. The van der Waals surface area contributed by atoms with Crippen molar-refractivity contribution in [3.05, 3.63) is 64.7 Å². The van der Waals surface area contributed by atoms with E-state index in [-0.39, 0.29) is 4.90 Å². The van der Waals surface area contributed by atoms with Crippen molar-refractivity contribution >= 4 is 33.6 Å². The molecule has 0 fully saturated rings. The number of benzene rings is 2. The number of aryl methyl sites for hydroxylation is 1. The van der Waals surface area contributed by atoms with Crippen LogP contribution in [0.5, 0.6) is 5.75 Å². The van der Waals surface area contributed by atoms with Gasteiger partial charge >= 0.3 is 0 Å². The van der Waals surface area contributed by atoms with Crippen LogP contribution in [0.25, 0.3) is 6.08 Å². The second kappa shape index (κ2) is 7.51. The molecule has 0 aliphatic carbocycles. The summed E-state index contributed by atoms with van der Waals surface area (Å²) in [6.45, 7) is 1.72. The minimum Gasteiger partial charge on any atom is -0.496 e. The Morgan fingerprint density at radius 2 is 1.96 bits per heavy atom. The third kappa shape index (κ3) is 4.59. The van der Waals surface area contributed by atoms with Gasteiger partial charge in [-0.25, -0.2) is 13.1 Å². The van der Waals surface area contributed by atoms with Crippen molar-refractivity contribution in [2.45, 2.75) is 11.8 Å². The highest BCUT2D eigenvalue weighted by molar-refractivity contribution is 7.90. The summed E-state index contributed by atoms with van der Waals surface area (Å²) in [6.07, 6.45) is 2.62. The fraction of sp³-hybridized carbons (Fsp3) is 0.118. The Labute approximate surface area is 146 Å². The lowest BCUT2D eigenvalue weighted by Gasteiger charge is -2.08. The highest BCUT2D eigenvalue weighted by Crippen LogP contribution is 2.21. The lowest BCUT2D eigenvalue weighted by molar-refractivity contribution is -0.114. The van der Waals surface area contributed by atoms with Gasteiger partial charge in [0, 0.05) is 11.1 Å². The third-order valence-electron chi connectivity index (χ3n) is 3.19. The van der Waals surface area contributed by atoms with E-state index in [1.54, 1.807) is 31.2 Å². The predicted octanol–water partition coefficient (Wildman–Crippen LogP) is 3.18. The molecule has 2 aromatic rings. The highest BCUT2D eigenvalue weighted by Gasteiger charge is 2.17. The summed E-state index contributed by atoms with van der Waals surface area (Å²) in [5, 5.41) is 0.527. The van der Waals surface area contributed by atoms with Gasteiger partial charge in [0.1, 0.15) is 5.75 Å². The van der Waals surface area contributed by atoms with Gasteiger partial charge in [0.15, 0.2) is 0 Å². The average molecular weight is 366 g/mol. The fourth-order valence-electron chi connectivity index (χ4n) is 2.03. The minimum atomic E-state index is -3.95. The summed E-state index contributed by atoms with van der Waals surface area (Å²) in [7, 11) is -2.45. The van der Waals surface area contributed by atoms with Gasteiger partial charge in [-0.15, -0.1) is 0 Å². The van der Waals surface area contributed by atoms with Gasteiger partial charge in [0.25, 0.3) is 15.9 Å². The smallest absolute Gasteiger partial charge is 0.264 e. The Kier molecular flexibility index (Phi) is 5.64. The lowest BCUT2D eigenvalue weighted by Crippen LogP contribution is -2.29. The number of rotatable bonds is 5. The van der Waals surface area contributed by atoms with Crippen LogP contribution in [0.4, 0.5) is 0 Å². The number of amides is 1. The second-order valence-corrected chi connectivity index (χ2v) is 7.11. The van der Waals surface area contributed by atoms with E-state index >= 15 is 0 Å². The van der Waals surface area contributed by atoms with Crippen LogP contribution in [0.15, 0.2) is 53.4 Å². The van der Waals surface area contributed by atoms with Crippen molar-refractivity contribution in [1.29, 1.82) is 0 Å². The molecular formula is C17H16ClNO4S. The summed E-state index contributed by atoms with van der Waals surface area (Å²) < 4.78 is 31.5. The lowest BCUT2D eigenvalue weighted by atomic mass is 10.2. The Morgan fingerprint density at radius 3 is 2.58 bits per heavy atom. The Balaban J connectivity index is 2.13. The normalized spacial score (nSPS) is 11.5. The van der Waals surface area contributed by atoms with Gasteiger partial charge in [0.05, 0.1) is 12.0 Å². The number of nitrogens with one attached hydrogen (secondary N) is 1. The van der Waals surface area contributed by atoms with Crippen molar-refractivity contribution in [1.82, 2.24) is 4.72 Å². The predicted molar refractivity (Wildman–Crippen MR) is 93.5 cm³/mol. The Morgan fingerprint density at radius 1 is 1.21 bits per heavy atom. The largest absolute Gasteiger partial charge is 0.496 e. The molecule has 0 unspecified atom stereocenters. The molecule has 2 aromatic carbocycles. The number of carbonyl (C=O) groups excluding carboxylic acids is 1. The first-order chi connectivity index (χ1) is 11.3. The maximum atomic E-state index is 12.2. The van der Waals surface area contributed by atoms with Crippen LogP contribution in [0.3, 0.4) is 0 Å². The summed E-state index contributed by atoms with van der Waals surface area (Å²) in [5.41, 5.74) is 1.35. The molecule has 1 N–H and O–H groups in total. The maximum absolute atomic E-state index is 12.2. The molecule has 0 spiro atoms. The number of sulfonamides is 1. The van der Waals surface area contributed by atoms with Crippen molar-refractivity contribution in [3.8, 4) is 5.75 Å². The molecule has 0 aliphatic rings. The van der Waals surface area contributed by atoms with Crippen LogP contribution in [0.2, 0.25) is 5.02 Å². The molecule has 0 bridgehead atoms. The fourth-order valence-corrected chi connectivity index (χ4v) is 3.25. The van der Waals surface area contributed by atoms with E-state index in [9.17, 15) is 13.2 Å². The number of halogens is 1. The molecule has 24 heavy (non-hydrogen) atoms. The van der Waals surface area contributed by atoms with Gasteiger partial charge < -0.3 is 4.74 Å². The number of methoxy groups -OCH3 is 1. The second-order valence-electron chi connectivity index (χ2n) is 4.99. The molecule has 0 aliphatic heterocycles. The van der Waals surface area contributed by atoms with E-state index in [1.165, 1.54) is 31.4 Å². The molecular weight excluding hydrogens is 350 g/mol. The SMILES string of the molecule is COc1ccc(S(=O)(=O)NC(=O)C=Cc2cccc(Cl)c2)cc1C. The molecule has 0 heterocycles. The van der Waals surface area contributed by atoms with Gasteiger partial charge in [-0.3, -0.25) is 4.79 Å². The third-order valence-corrected chi connectivity index (χ3v) is 4.77. The van der Waals surface area contributed by atoms with Crippen molar-refractivity contribution < 1.29 is 17.9 Å². The van der Waals surface area contributed by atoms with Crippen LogP contribution in [0.1, 0.15) is 11.1 Å². The van der Waals surface area contributed by atoms with Gasteiger partial charge in [-0.05, 0) is 54.5 Å². The molecule has 126 valence electrons. The molecule has 0 atom stereocenters. The Bertz CT molecular complexity index is 891. The molecule has 0 aromatic heterocycles. The van der Waals surface area contributed by atoms with Crippen LogP contribution in [-0.2, 0) is 14.8 Å². The first-order valence-corrected chi connectivity index (χ1v) is 8.83. The zero-order chi connectivity index (χ0) is 17.7. The van der Waals surface area contributed by atoms with Crippen LogP contribution >= 0.6 is 11.6 Å². The highest BCUT2D eigenvalue weighted by atomic mass is 35.5. The number of hydrogen-bond donors (Lipinski definition) is 1. The van der Waals surface area contributed by atoms with Crippen LogP contribution in [-0.4, -0.2) is 21.4 Å². The van der Waals surface area contributed by atoms with E-state index in [4.69, 9.17) is 16.3 Å². The molecule has 0 radical (unpaired) electrons. The summed E-state index contributed by atoms with van der Waals surface area (Å²) >= 11 is 5.85. The number of ether oxygens (including phenoxy) is 1.